The Balaban J connectivity index is 2.06. The number of fused-ring (bicyclic) bond motifs is 1. The monoisotopic (exact) mass is 446 g/mol. The number of nitrogens with zero attached hydrogens (tertiary/aromatic N) is 2. The van der Waals surface area contributed by atoms with Crippen LogP contribution in [0, 0.1) is 0 Å². The summed E-state index contributed by atoms with van der Waals surface area (Å²) in [6.45, 7) is 9.91. The van der Waals surface area contributed by atoms with E-state index in [9.17, 15) is 9.59 Å². The molecule has 31 heavy (non-hydrogen) atoms. The quantitative estimate of drug-likeness (QED) is 0.433. The molecule has 2 aliphatic heterocycles. The average molecular weight is 447 g/mol. The van der Waals surface area contributed by atoms with Crippen LogP contribution in [0.3, 0.4) is 0 Å². The summed E-state index contributed by atoms with van der Waals surface area (Å²) in [5.74, 6) is 0.629. The molecule has 1 fully saturated rings. The molecule has 1 amide bonds. The van der Waals surface area contributed by atoms with Crippen molar-refractivity contribution < 1.29 is 23.8 Å². The summed E-state index contributed by atoms with van der Waals surface area (Å²) in [5.41, 5.74) is 1.66. The van der Waals surface area contributed by atoms with E-state index in [1.807, 2.05) is 25.1 Å². The Kier molecular flexibility index (Phi) is 7.30. The number of carbonyl (C=O) groups excluding carboxylic acids is 2. The fourth-order valence-electron chi connectivity index (χ4n) is 3.56. The number of benzene rings is 1. The van der Waals surface area contributed by atoms with Gasteiger partial charge >= 0.3 is 5.97 Å². The number of aliphatic imine (C=N–C) groups is 1. The van der Waals surface area contributed by atoms with Crippen molar-refractivity contribution in [2.75, 3.05) is 13.7 Å². The minimum Gasteiger partial charge on any atom is -0.493 e. The number of carbonyl (C=O) groups is 2. The number of thioether (sulfide) groups is 1. The van der Waals surface area contributed by atoms with Crippen molar-refractivity contribution in [3.63, 3.8) is 0 Å². The van der Waals surface area contributed by atoms with Crippen molar-refractivity contribution in [2.45, 2.75) is 64.9 Å². The summed E-state index contributed by atoms with van der Waals surface area (Å²) < 4.78 is 16.9. The van der Waals surface area contributed by atoms with Crippen LogP contribution in [0.5, 0.6) is 11.5 Å². The predicted molar refractivity (Wildman–Crippen MR) is 121 cm³/mol. The molecular formula is C23H30N2O5S. The van der Waals surface area contributed by atoms with E-state index in [0.29, 0.717) is 34.5 Å². The van der Waals surface area contributed by atoms with Crippen molar-refractivity contribution >= 4 is 28.8 Å². The molecule has 0 N–H and O–H groups in total. The first-order valence-corrected chi connectivity index (χ1v) is 11.5. The van der Waals surface area contributed by atoms with E-state index < -0.39 is 12.0 Å². The van der Waals surface area contributed by atoms with Crippen molar-refractivity contribution in [2.24, 2.45) is 4.99 Å². The molecule has 0 spiro atoms. The zero-order chi connectivity index (χ0) is 22.7. The summed E-state index contributed by atoms with van der Waals surface area (Å²) in [6, 6.07) is 4.88. The van der Waals surface area contributed by atoms with E-state index in [0.717, 1.165) is 18.4 Å². The predicted octanol–water partition coefficient (Wildman–Crippen LogP) is 4.47. The van der Waals surface area contributed by atoms with Crippen LogP contribution in [0.1, 0.15) is 59.1 Å². The Morgan fingerprint density at radius 1 is 1.29 bits per heavy atom. The van der Waals surface area contributed by atoms with Gasteiger partial charge in [0.2, 0.25) is 5.91 Å². The molecule has 0 bridgehead atoms. The maximum absolute atomic E-state index is 13.0. The first-order chi connectivity index (χ1) is 14.8. The number of rotatable bonds is 8. The maximum Gasteiger partial charge on any atom is 0.338 e. The molecular weight excluding hydrogens is 416 g/mol. The van der Waals surface area contributed by atoms with Crippen molar-refractivity contribution in [3.8, 4) is 11.5 Å². The lowest BCUT2D eigenvalue weighted by Gasteiger charge is -2.33. The van der Waals surface area contributed by atoms with Crippen molar-refractivity contribution in [1.82, 2.24) is 4.90 Å². The molecule has 0 unspecified atom stereocenters. The van der Waals surface area contributed by atoms with Gasteiger partial charge in [0, 0.05) is 0 Å². The molecule has 2 atom stereocenters. The summed E-state index contributed by atoms with van der Waals surface area (Å²) in [5, 5.41) is 0.330. The molecule has 1 aromatic carbocycles. The highest BCUT2D eigenvalue weighted by Crippen LogP contribution is 2.44. The largest absolute Gasteiger partial charge is 0.493 e. The number of amidine groups is 1. The van der Waals surface area contributed by atoms with E-state index in [4.69, 9.17) is 14.2 Å². The first-order valence-electron chi connectivity index (χ1n) is 10.6. The number of esters is 1. The van der Waals surface area contributed by atoms with Crippen molar-refractivity contribution in [3.05, 3.63) is 35.0 Å². The molecule has 0 radical (unpaired) electrons. The van der Waals surface area contributed by atoms with Gasteiger partial charge in [-0.25, -0.2) is 9.79 Å². The highest BCUT2D eigenvalue weighted by molar-refractivity contribution is 8.15. The second-order valence-electron chi connectivity index (χ2n) is 7.83. The van der Waals surface area contributed by atoms with Gasteiger partial charge in [0.05, 0.1) is 42.4 Å². The van der Waals surface area contributed by atoms with E-state index >= 15 is 0 Å². The smallest absolute Gasteiger partial charge is 0.338 e. The van der Waals surface area contributed by atoms with E-state index in [1.165, 1.54) is 11.8 Å². The first kappa shape index (κ1) is 23.2. The SMILES string of the molecule is CCCCOc1ccc([C@@H]2C(C(=O)OC(C)C)=C(C)N=C3S[C@@H](C)C(=O)N32)cc1OC. The lowest BCUT2D eigenvalue weighted by atomic mass is 9.94. The lowest BCUT2D eigenvalue weighted by molar-refractivity contribution is -0.143. The van der Waals surface area contributed by atoms with Gasteiger partial charge in [0.1, 0.15) is 0 Å². The van der Waals surface area contributed by atoms with Gasteiger partial charge in [0.15, 0.2) is 16.7 Å². The molecule has 0 aromatic heterocycles. The van der Waals surface area contributed by atoms with Crippen LogP contribution in [-0.4, -0.2) is 47.0 Å². The normalized spacial score (nSPS) is 20.7. The minimum absolute atomic E-state index is 0.0849. The topological polar surface area (TPSA) is 77.4 Å². The zero-order valence-electron chi connectivity index (χ0n) is 18.9. The minimum atomic E-state index is -0.637. The molecule has 1 aromatic rings. The number of unbranched alkanes of at least 4 members (excludes halogenated alkanes) is 1. The van der Waals surface area contributed by atoms with Gasteiger partial charge in [-0.05, 0) is 51.8 Å². The zero-order valence-corrected chi connectivity index (χ0v) is 19.7. The number of methoxy groups -OCH3 is 1. The van der Waals surface area contributed by atoms with Crippen LogP contribution in [0.4, 0.5) is 0 Å². The Morgan fingerprint density at radius 3 is 2.68 bits per heavy atom. The van der Waals surface area contributed by atoms with E-state index in [1.54, 1.807) is 32.8 Å². The molecule has 1 saturated heterocycles. The van der Waals surface area contributed by atoms with E-state index in [-0.39, 0.29) is 17.3 Å². The summed E-state index contributed by atoms with van der Waals surface area (Å²) in [7, 11) is 1.58. The van der Waals surface area contributed by atoms with Crippen molar-refractivity contribution in [1.29, 1.82) is 0 Å². The molecule has 0 aliphatic carbocycles. The van der Waals surface area contributed by atoms with Crippen LogP contribution in [0.25, 0.3) is 0 Å². The van der Waals surface area contributed by atoms with Gasteiger partial charge in [-0.2, -0.15) is 0 Å². The van der Waals surface area contributed by atoms with Gasteiger partial charge in [-0.3, -0.25) is 9.69 Å². The molecule has 8 heteroatoms. The Bertz CT molecular complexity index is 925. The third-order valence-electron chi connectivity index (χ3n) is 5.08. The van der Waals surface area contributed by atoms with Gasteiger partial charge in [0.25, 0.3) is 0 Å². The van der Waals surface area contributed by atoms with Crippen LogP contribution in [0.15, 0.2) is 34.5 Å². The van der Waals surface area contributed by atoms with Crippen LogP contribution < -0.4 is 9.47 Å². The Hall–Kier alpha value is -2.48. The van der Waals surface area contributed by atoms with Gasteiger partial charge in [-0.15, -0.1) is 0 Å². The second kappa shape index (κ2) is 9.77. The summed E-state index contributed by atoms with van der Waals surface area (Å²) in [6.07, 6.45) is 1.69. The van der Waals surface area contributed by atoms with Crippen LogP contribution >= 0.6 is 11.8 Å². The number of ether oxygens (including phenoxy) is 3. The Labute approximate surface area is 187 Å². The maximum atomic E-state index is 13.0. The number of hydrogen-bond acceptors (Lipinski definition) is 7. The third kappa shape index (κ3) is 4.74. The molecule has 2 aliphatic rings. The van der Waals surface area contributed by atoms with Crippen LogP contribution in [-0.2, 0) is 14.3 Å². The molecule has 2 heterocycles. The van der Waals surface area contributed by atoms with Gasteiger partial charge < -0.3 is 14.2 Å². The van der Waals surface area contributed by atoms with E-state index in [2.05, 4.69) is 11.9 Å². The van der Waals surface area contributed by atoms with Gasteiger partial charge in [-0.1, -0.05) is 31.2 Å². The molecule has 3 rings (SSSR count). The fourth-order valence-corrected chi connectivity index (χ4v) is 4.59. The second-order valence-corrected chi connectivity index (χ2v) is 9.14. The fraction of sp³-hybridized carbons (Fsp3) is 0.522. The third-order valence-corrected chi connectivity index (χ3v) is 6.13. The highest BCUT2D eigenvalue weighted by atomic mass is 32.2. The lowest BCUT2D eigenvalue weighted by Crippen LogP contribution is -2.40. The number of amides is 1. The molecule has 7 nitrogen and oxygen atoms in total. The number of hydrogen-bond donors (Lipinski definition) is 0. The van der Waals surface area contributed by atoms with Crippen LogP contribution in [0.2, 0.25) is 0 Å². The molecule has 168 valence electrons. The Morgan fingerprint density at radius 2 is 2.03 bits per heavy atom. The summed E-state index contributed by atoms with van der Waals surface area (Å²) >= 11 is 1.40. The average Bonchev–Trinajstić information content (AvgIpc) is 2.99. The molecule has 0 saturated carbocycles. The number of allylic oxidation sites excluding steroid dienone is 1. The standard InChI is InChI=1S/C23H30N2O5S/c1-7-8-11-29-17-10-9-16(12-18(17)28-6)20-19(22(27)30-13(2)3)14(4)24-23-25(20)21(26)15(5)31-23/h9-10,12-13,15,20H,7-8,11H2,1-6H3/t15-,20+/m0/s1. The summed E-state index contributed by atoms with van der Waals surface area (Å²) in [4.78, 5) is 32.2. The highest BCUT2D eigenvalue weighted by Gasteiger charge is 2.46.